The number of fused-ring (bicyclic) bond motifs is 3. The molecule has 3 aromatic carbocycles. The Morgan fingerprint density at radius 2 is 1.62 bits per heavy atom. The van der Waals surface area contributed by atoms with Gasteiger partial charge in [0.1, 0.15) is 12.6 Å². The number of amides is 2. The second-order valence-electron chi connectivity index (χ2n) is 10.5. The molecule has 1 atom stereocenters. The standard InChI is InChI=1S/C33H32ClN3O2/c1-2-3-7-23-11-13-25(14-12-23)33(39)36(27-19-20-27)22-31(38)37-29-9-5-4-8-28(29)35-21-6-10-30(35)32(37)24-15-17-26(34)18-16-24/h4-6,8-18,21,27,32H,2-3,7,19-20,22H2,1H3. The minimum absolute atomic E-state index is 0.0280. The number of aromatic nitrogens is 1. The fraction of sp³-hybridized carbons (Fsp3) is 0.273. The molecule has 198 valence electrons. The van der Waals surface area contributed by atoms with Crippen LogP contribution >= 0.6 is 11.6 Å². The molecule has 5 nitrogen and oxygen atoms in total. The first-order chi connectivity index (χ1) is 19.0. The lowest BCUT2D eigenvalue weighted by Crippen LogP contribution is -2.47. The lowest BCUT2D eigenvalue weighted by molar-refractivity contribution is -0.119. The maximum absolute atomic E-state index is 14.3. The molecule has 0 radical (unpaired) electrons. The highest BCUT2D eigenvalue weighted by Gasteiger charge is 2.40. The topological polar surface area (TPSA) is 45.6 Å². The van der Waals surface area contributed by atoms with E-state index in [2.05, 4.69) is 17.6 Å². The van der Waals surface area contributed by atoms with Gasteiger partial charge in [-0.3, -0.25) is 14.5 Å². The van der Waals surface area contributed by atoms with E-state index in [0.29, 0.717) is 10.6 Å². The first-order valence-corrected chi connectivity index (χ1v) is 14.2. The van der Waals surface area contributed by atoms with Crippen molar-refractivity contribution in [2.75, 3.05) is 11.4 Å². The third kappa shape index (κ3) is 4.99. The van der Waals surface area contributed by atoms with E-state index in [1.807, 2.05) is 90.0 Å². The van der Waals surface area contributed by atoms with E-state index < -0.39 is 0 Å². The van der Waals surface area contributed by atoms with Gasteiger partial charge in [0.15, 0.2) is 0 Å². The molecular formula is C33H32ClN3O2. The number of anilines is 1. The maximum atomic E-state index is 14.3. The maximum Gasteiger partial charge on any atom is 0.254 e. The molecule has 0 bridgehead atoms. The monoisotopic (exact) mass is 537 g/mol. The lowest BCUT2D eigenvalue weighted by atomic mass is 9.97. The highest BCUT2D eigenvalue weighted by Crippen LogP contribution is 2.42. The summed E-state index contributed by atoms with van der Waals surface area (Å²) < 4.78 is 2.14. The summed E-state index contributed by atoms with van der Waals surface area (Å²) in [6, 6.07) is 27.3. The number of unbranched alkanes of at least 4 members (excludes halogenated alkanes) is 1. The normalized spacial score (nSPS) is 15.9. The summed E-state index contributed by atoms with van der Waals surface area (Å²) in [7, 11) is 0. The van der Waals surface area contributed by atoms with Gasteiger partial charge in [-0.2, -0.15) is 0 Å². The van der Waals surface area contributed by atoms with Gasteiger partial charge < -0.3 is 9.47 Å². The molecule has 1 aromatic heterocycles. The van der Waals surface area contributed by atoms with Crippen molar-refractivity contribution in [1.82, 2.24) is 9.47 Å². The van der Waals surface area contributed by atoms with Crippen LogP contribution in [0.4, 0.5) is 5.69 Å². The molecule has 0 spiro atoms. The van der Waals surface area contributed by atoms with Crippen molar-refractivity contribution < 1.29 is 9.59 Å². The van der Waals surface area contributed by atoms with E-state index in [4.69, 9.17) is 11.6 Å². The molecule has 4 aromatic rings. The molecule has 2 aliphatic rings. The molecule has 1 fully saturated rings. The third-order valence-electron chi connectivity index (χ3n) is 7.75. The number of rotatable bonds is 8. The van der Waals surface area contributed by atoms with Gasteiger partial charge >= 0.3 is 0 Å². The van der Waals surface area contributed by atoms with Gasteiger partial charge in [0.25, 0.3) is 5.91 Å². The molecule has 1 aliphatic carbocycles. The van der Waals surface area contributed by atoms with E-state index in [-0.39, 0.29) is 30.4 Å². The molecule has 39 heavy (non-hydrogen) atoms. The minimum atomic E-state index is -0.339. The number of hydrogen-bond donors (Lipinski definition) is 0. The summed E-state index contributed by atoms with van der Waals surface area (Å²) in [6.45, 7) is 2.21. The van der Waals surface area contributed by atoms with Crippen molar-refractivity contribution in [1.29, 1.82) is 0 Å². The summed E-state index contributed by atoms with van der Waals surface area (Å²) in [6.07, 6.45) is 7.16. The summed E-state index contributed by atoms with van der Waals surface area (Å²) in [5.74, 6) is -0.181. The van der Waals surface area contributed by atoms with Crippen LogP contribution in [0.25, 0.3) is 5.69 Å². The van der Waals surface area contributed by atoms with Crippen LogP contribution < -0.4 is 4.90 Å². The van der Waals surface area contributed by atoms with Crippen LogP contribution in [0.15, 0.2) is 91.1 Å². The van der Waals surface area contributed by atoms with E-state index in [1.165, 1.54) is 5.56 Å². The van der Waals surface area contributed by atoms with Crippen LogP contribution in [-0.4, -0.2) is 33.9 Å². The molecule has 0 N–H and O–H groups in total. The molecule has 1 aliphatic heterocycles. The summed E-state index contributed by atoms with van der Waals surface area (Å²) >= 11 is 6.22. The molecule has 6 heteroatoms. The molecule has 2 heterocycles. The van der Waals surface area contributed by atoms with Gasteiger partial charge in [-0.25, -0.2) is 0 Å². The molecule has 1 unspecified atom stereocenters. The number of aryl methyl sites for hydroxylation is 1. The van der Waals surface area contributed by atoms with E-state index in [1.54, 1.807) is 4.90 Å². The largest absolute Gasteiger partial charge is 0.326 e. The van der Waals surface area contributed by atoms with E-state index >= 15 is 0 Å². The van der Waals surface area contributed by atoms with Crippen molar-refractivity contribution in [2.24, 2.45) is 0 Å². The van der Waals surface area contributed by atoms with Crippen molar-refractivity contribution >= 4 is 29.1 Å². The number of carbonyl (C=O) groups is 2. The lowest BCUT2D eigenvalue weighted by Gasteiger charge is -2.39. The zero-order valence-corrected chi connectivity index (χ0v) is 22.8. The van der Waals surface area contributed by atoms with Gasteiger partial charge in [0.2, 0.25) is 5.91 Å². The van der Waals surface area contributed by atoms with Crippen LogP contribution in [0, 0.1) is 0 Å². The second kappa shape index (κ2) is 10.7. The zero-order valence-electron chi connectivity index (χ0n) is 22.1. The van der Waals surface area contributed by atoms with Crippen LogP contribution in [0.2, 0.25) is 5.02 Å². The highest BCUT2D eigenvalue weighted by atomic mass is 35.5. The summed E-state index contributed by atoms with van der Waals surface area (Å²) in [4.78, 5) is 31.6. The zero-order chi connectivity index (χ0) is 26.9. The quantitative estimate of drug-likeness (QED) is 0.238. The van der Waals surface area contributed by atoms with Crippen molar-refractivity contribution in [2.45, 2.75) is 51.1 Å². The SMILES string of the molecule is CCCCc1ccc(C(=O)N(CC(=O)N2c3ccccc3-n3cccc3C2c2ccc(Cl)cc2)C2CC2)cc1. The Bertz CT molecular complexity index is 1490. The highest BCUT2D eigenvalue weighted by molar-refractivity contribution is 6.30. The number of carbonyl (C=O) groups excluding carboxylic acids is 2. The Morgan fingerprint density at radius 1 is 0.897 bits per heavy atom. The smallest absolute Gasteiger partial charge is 0.254 e. The number of halogens is 1. The number of nitrogens with zero attached hydrogens (tertiary/aromatic N) is 3. The van der Waals surface area contributed by atoms with Gasteiger partial charge in [-0.15, -0.1) is 0 Å². The van der Waals surface area contributed by atoms with Crippen molar-refractivity contribution in [3.05, 3.63) is 119 Å². The Hall–Kier alpha value is -3.83. The fourth-order valence-corrected chi connectivity index (χ4v) is 5.68. The number of para-hydroxylation sites is 2. The first-order valence-electron chi connectivity index (χ1n) is 13.8. The van der Waals surface area contributed by atoms with Gasteiger partial charge in [-0.05, 0) is 85.3 Å². The van der Waals surface area contributed by atoms with Gasteiger partial charge in [-0.1, -0.05) is 61.3 Å². The number of hydrogen-bond acceptors (Lipinski definition) is 2. The molecular weight excluding hydrogens is 506 g/mol. The molecule has 1 saturated carbocycles. The summed E-state index contributed by atoms with van der Waals surface area (Å²) in [5, 5.41) is 0.648. The Balaban J connectivity index is 1.34. The second-order valence-corrected chi connectivity index (χ2v) is 10.9. The van der Waals surface area contributed by atoms with Crippen molar-refractivity contribution in [3.63, 3.8) is 0 Å². The van der Waals surface area contributed by atoms with Gasteiger partial charge in [0.05, 0.1) is 17.1 Å². The molecule has 2 amide bonds. The van der Waals surface area contributed by atoms with Crippen LogP contribution in [-0.2, 0) is 11.2 Å². The molecule has 6 rings (SSSR count). The Labute approximate surface area is 234 Å². The van der Waals surface area contributed by atoms with Gasteiger partial charge in [0, 0.05) is 22.8 Å². The number of benzene rings is 3. The summed E-state index contributed by atoms with van der Waals surface area (Å²) in [5.41, 5.74) is 5.61. The van der Waals surface area contributed by atoms with Crippen LogP contribution in [0.1, 0.15) is 65.8 Å². The predicted molar refractivity (Wildman–Crippen MR) is 156 cm³/mol. The Kier molecular flexibility index (Phi) is 7.01. The average molecular weight is 538 g/mol. The fourth-order valence-electron chi connectivity index (χ4n) is 5.56. The van der Waals surface area contributed by atoms with E-state index in [0.717, 1.165) is 54.7 Å². The Morgan fingerprint density at radius 3 is 2.31 bits per heavy atom. The van der Waals surface area contributed by atoms with E-state index in [9.17, 15) is 9.59 Å². The molecule has 0 saturated heterocycles. The predicted octanol–water partition coefficient (Wildman–Crippen LogP) is 7.21. The van der Waals surface area contributed by atoms with Crippen LogP contribution in [0.5, 0.6) is 0 Å². The minimum Gasteiger partial charge on any atom is -0.326 e. The van der Waals surface area contributed by atoms with Crippen LogP contribution in [0.3, 0.4) is 0 Å². The average Bonchev–Trinajstić information content (AvgIpc) is 3.69. The third-order valence-corrected chi connectivity index (χ3v) is 8.00. The van der Waals surface area contributed by atoms with Crippen molar-refractivity contribution in [3.8, 4) is 5.69 Å². The first kappa shape index (κ1) is 25.4.